The molecule has 5 rings (SSSR count). The Morgan fingerprint density at radius 2 is 1.74 bits per heavy atom. The second kappa shape index (κ2) is 10.8. The molecule has 0 radical (unpaired) electrons. The molecule has 1 unspecified atom stereocenters. The van der Waals surface area contributed by atoms with Crippen LogP contribution in [0.25, 0.3) is 16.8 Å². The van der Waals surface area contributed by atoms with Gasteiger partial charge in [-0.3, -0.25) is 5.01 Å². The third-order valence-electron chi connectivity index (χ3n) is 7.02. The van der Waals surface area contributed by atoms with Crippen LogP contribution in [0.2, 0.25) is 5.02 Å². The molecule has 1 N–H and O–H groups in total. The highest BCUT2D eigenvalue weighted by Gasteiger charge is 2.36. The number of hydrogen-bond acceptors (Lipinski definition) is 6. The second-order valence-electron chi connectivity index (χ2n) is 10.1. The van der Waals surface area contributed by atoms with Crippen LogP contribution in [-0.4, -0.2) is 35.0 Å². The fourth-order valence-electron chi connectivity index (χ4n) is 5.07. The summed E-state index contributed by atoms with van der Waals surface area (Å²) in [6.07, 6.45) is -2.40. The molecular weight excluding hydrogens is 596 g/mol. The summed E-state index contributed by atoms with van der Waals surface area (Å²) in [6, 6.07) is 13.7. The van der Waals surface area contributed by atoms with E-state index < -0.39 is 40.2 Å². The maximum atomic E-state index is 15.0. The topological polar surface area (TPSA) is 87.8 Å². The van der Waals surface area contributed by atoms with Crippen molar-refractivity contribution >= 4 is 32.8 Å². The van der Waals surface area contributed by atoms with Crippen LogP contribution in [0, 0.1) is 12.7 Å². The lowest BCUT2D eigenvalue weighted by Crippen LogP contribution is -2.20. The van der Waals surface area contributed by atoms with Crippen molar-refractivity contribution in [3.05, 3.63) is 94.3 Å². The molecule has 3 aromatic carbocycles. The molecule has 13 heteroatoms. The van der Waals surface area contributed by atoms with Crippen molar-refractivity contribution < 1.29 is 31.1 Å². The van der Waals surface area contributed by atoms with Gasteiger partial charge in [0, 0.05) is 40.7 Å². The molecule has 2 heterocycles. The van der Waals surface area contributed by atoms with Crippen molar-refractivity contribution in [2.45, 2.75) is 44.0 Å². The minimum Gasteiger partial charge on any atom is -0.392 e. The van der Waals surface area contributed by atoms with E-state index in [0.29, 0.717) is 33.9 Å². The molecule has 1 atom stereocenters. The number of rotatable bonds is 6. The van der Waals surface area contributed by atoms with Gasteiger partial charge in [-0.2, -0.15) is 18.3 Å². The van der Waals surface area contributed by atoms with E-state index in [1.54, 1.807) is 47.5 Å². The number of halogens is 5. The fourth-order valence-corrected chi connectivity index (χ4v) is 6.15. The first-order valence-electron chi connectivity index (χ1n) is 12.7. The van der Waals surface area contributed by atoms with Gasteiger partial charge in [-0.1, -0.05) is 17.7 Å². The van der Waals surface area contributed by atoms with E-state index in [0.717, 1.165) is 24.2 Å². The molecule has 220 valence electrons. The molecule has 1 aliphatic heterocycles. The van der Waals surface area contributed by atoms with Crippen molar-refractivity contribution in [3.63, 3.8) is 0 Å². The van der Waals surface area contributed by atoms with Gasteiger partial charge in [-0.25, -0.2) is 17.8 Å². The van der Waals surface area contributed by atoms with Crippen molar-refractivity contribution in [1.29, 1.82) is 0 Å². The first-order valence-corrected chi connectivity index (χ1v) is 14.9. The molecular formula is C29H25ClF4N4O3S. The van der Waals surface area contributed by atoms with Gasteiger partial charge in [0.05, 0.1) is 28.9 Å². The monoisotopic (exact) mass is 620 g/mol. The number of aliphatic hydroxyl groups is 1. The van der Waals surface area contributed by atoms with Crippen molar-refractivity contribution in [1.82, 2.24) is 9.55 Å². The Balaban J connectivity index is 1.74. The lowest BCUT2D eigenvalue weighted by molar-refractivity contribution is -0.141. The largest absolute Gasteiger partial charge is 0.434 e. The lowest BCUT2D eigenvalue weighted by atomic mass is 9.94. The van der Waals surface area contributed by atoms with Gasteiger partial charge in [0.1, 0.15) is 11.6 Å². The van der Waals surface area contributed by atoms with Crippen molar-refractivity contribution in [2.24, 2.45) is 5.10 Å². The number of aromatic nitrogens is 2. The quantitative estimate of drug-likeness (QED) is 0.237. The standard InChI is InChI=1S/C29H25ClF4N4O3S/c1-16-10-26(38(36-16)21-7-5-20(30)6-8-21)22-11-18(19-12-24(31)23(15-39)27(13-19)42(3,40)41)4-9-25(22)37-14-28(29(32,33)34)35-17(37)2/h4-9,11-14,26,39H,10,15H2,1-3H3. The Morgan fingerprint density at radius 1 is 1.05 bits per heavy atom. The minimum atomic E-state index is -4.66. The Kier molecular flexibility index (Phi) is 7.67. The van der Waals surface area contributed by atoms with Gasteiger partial charge in [0.2, 0.25) is 0 Å². The Hall–Kier alpha value is -3.74. The van der Waals surface area contributed by atoms with Crippen LogP contribution in [0.15, 0.2) is 70.8 Å². The molecule has 0 saturated heterocycles. The summed E-state index contributed by atoms with van der Waals surface area (Å²) in [5.41, 5.74) is 1.62. The Bertz CT molecular complexity index is 1820. The third kappa shape index (κ3) is 5.66. The summed E-state index contributed by atoms with van der Waals surface area (Å²) in [5, 5.41) is 16.5. The zero-order chi connectivity index (χ0) is 30.6. The van der Waals surface area contributed by atoms with E-state index in [4.69, 9.17) is 11.6 Å². The molecule has 0 saturated carbocycles. The number of imidazole rings is 1. The summed E-state index contributed by atoms with van der Waals surface area (Å²) in [4.78, 5) is 3.37. The number of sulfone groups is 1. The highest BCUT2D eigenvalue weighted by Crippen LogP contribution is 2.41. The summed E-state index contributed by atoms with van der Waals surface area (Å²) >= 11 is 6.08. The van der Waals surface area contributed by atoms with Gasteiger partial charge in [0.25, 0.3) is 0 Å². The third-order valence-corrected chi connectivity index (χ3v) is 8.43. The zero-order valence-electron chi connectivity index (χ0n) is 22.6. The molecule has 1 aromatic heterocycles. The Morgan fingerprint density at radius 3 is 2.33 bits per heavy atom. The van der Waals surface area contributed by atoms with Crippen molar-refractivity contribution in [2.75, 3.05) is 11.3 Å². The van der Waals surface area contributed by atoms with Crippen molar-refractivity contribution in [3.8, 4) is 16.8 Å². The van der Waals surface area contributed by atoms with Crippen LogP contribution in [0.5, 0.6) is 0 Å². The van der Waals surface area contributed by atoms with Crippen LogP contribution >= 0.6 is 11.6 Å². The number of benzene rings is 3. The zero-order valence-corrected chi connectivity index (χ0v) is 24.2. The number of nitrogens with zero attached hydrogens (tertiary/aromatic N) is 4. The van der Waals surface area contributed by atoms with Gasteiger partial charge < -0.3 is 9.67 Å². The van der Waals surface area contributed by atoms with Gasteiger partial charge in [-0.15, -0.1) is 0 Å². The molecule has 0 bridgehead atoms. The molecule has 42 heavy (non-hydrogen) atoms. The van der Waals surface area contributed by atoms with Gasteiger partial charge in [-0.05, 0) is 73.5 Å². The predicted molar refractivity (Wildman–Crippen MR) is 152 cm³/mol. The van der Waals surface area contributed by atoms with E-state index in [-0.39, 0.29) is 21.8 Å². The van der Waals surface area contributed by atoms with E-state index in [1.165, 1.54) is 17.6 Å². The van der Waals surface area contributed by atoms with Crippen LogP contribution in [0.1, 0.15) is 42.0 Å². The highest BCUT2D eigenvalue weighted by molar-refractivity contribution is 7.90. The Labute approximate surface area is 244 Å². The van der Waals surface area contributed by atoms with Gasteiger partial charge >= 0.3 is 6.18 Å². The number of hydrazone groups is 1. The normalized spacial score (nSPS) is 15.8. The smallest absolute Gasteiger partial charge is 0.392 e. The first kappa shape index (κ1) is 29.7. The SMILES string of the molecule is CC1=NN(c2ccc(Cl)cc2)C(c2cc(-c3cc(F)c(CO)c(S(C)(=O)=O)c3)ccc2-n2cc(C(F)(F)F)nc2C)C1. The van der Waals surface area contributed by atoms with Crippen LogP contribution < -0.4 is 5.01 Å². The number of alkyl halides is 3. The van der Waals surface area contributed by atoms with Crippen LogP contribution in [-0.2, 0) is 22.6 Å². The summed E-state index contributed by atoms with van der Waals surface area (Å²) in [7, 11) is -3.90. The number of aryl methyl sites for hydroxylation is 1. The summed E-state index contributed by atoms with van der Waals surface area (Å²) < 4.78 is 81.9. The van der Waals surface area contributed by atoms with Crippen LogP contribution in [0.3, 0.4) is 0 Å². The van der Waals surface area contributed by atoms with E-state index in [2.05, 4.69) is 10.1 Å². The fraction of sp³-hybridized carbons (Fsp3) is 0.241. The number of anilines is 1. The maximum absolute atomic E-state index is 15.0. The maximum Gasteiger partial charge on any atom is 0.434 e. The highest BCUT2D eigenvalue weighted by atomic mass is 35.5. The number of hydrogen-bond donors (Lipinski definition) is 1. The lowest BCUT2D eigenvalue weighted by Gasteiger charge is -2.27. The molecule has 0 amide bonds. The minimum absolute atomic E-state index is 0.0997. The molecule has 0 aliphatic carbocycles. The summed E-state index contributed by atoms with van der Waals surface area (Å²) in [6.45, 7) is 2.48. The van der Waals surface area contributed by atoms with E-state index in [1.807, 2.05) is 6.92 Å². The summed E-state index contributed by atoms with van der Waals surface area (Å²) in [5.74, 6) is -0.799. The molecule has 0 spiro atoms. The predicted octanol–water partition coefficient (Wildman–Crippen LogP) is 6.88. The molecule has 7 nitrogen and oxygen atoms in total. The average Bonchev–Trinajstić information content (AvgIpc) is 3.50. The van der Waals surface area contributed by atoms with Gasteiger partial charge in [0.15, 0.2) is 15.5 Å². The molecule has 0 fully saturated rings. The number of aliphatic hydroxyl groups excluding tert-OH is 1. The second-order valence-corrected chi connectivity index (χ2v) is 12.5. The molecule has 1 aliphatic rings. The van der Waals surface area contributed by atoms with E-state index in [9.17, 15) is 26.7 Å². The molecule has 4 aromatic rings. The average molecular weight is 621 g/mol. The van der Waals surface area contributed by atoms with E-state index >= 15 is 4.39 Å². The first-order chi connectivity index (χ1) is 19.7. The van der Waals surface area contributed by atoms with Crippen LogP contribution in [0.4, 0.5) is 23.2 Å².